The molecule has 0 heterocycles. The smallest absolute Gasteiger partial charge is 0 e. The fourth-order valence-corrected chi connectivity index (χ4v) is 6.27. The average molecular weight is 828 g/mol. The molecule has 0 saturated heterocycles. The van der Waals surface area contributed by atoms with Gasteiger partial charge in [-0.25, -0.2) is 8.42 Å². The van der Waals surface area contributed by atoms with Crippen LogP contribution >= 0.6 is 22.1 Å². The number of hydrogen-bond donors (Lipinski definition) is 0. The molecule has 247 valence electrons. The van der Waals surface area contributed by atoms with Crippen molar-refractivity contribution in [3.05, 3.63) is 120 Å². The van der Waals surface area contributed by atoms with Gasteiger partial charge in [-0.1, -0.05) is 139 Å². The molecule has 2 atom stereocenters. The Morgan fingerprint density at radius 3 is 1.37 bits per heavy atom. The van der Waals surface area contributed by atoms with Gasteiger partial charge in [0.2, 0.25) is 0 Å². The second-order valence-corrected chi connectivity index (χ2v) is 12.1. The SMILES string of the molecule is C.C.CC1C(C)C(C)C(C)C1C.Cc1ccc(S(=O)(=O)[N-][C@@H](c2ccccc2)[C@@H]([NH-])c2ccccc2)cc1.Cl.[CH3-].[Cl][Ru+3].[Rh]. The van der Waals surface area contributed by atoms with Crippen LogP contribution in [-0.4, -0.2) is 8.42 Å². The van der Waals surface area contributed by atoms with Gasteiger partial charge in [0.05, 0.1) is 0 Å². The Labute approximate surface area is 297 Å². The maximum Gasteiger partial charge on any atom is 0 e. The molecule has 1 radical (unpaired) electrons. The predicted molar refractivity (Wildman–Crippen MR) is 183 cm³/mol. The van der Waals surface area contributed by atoms with Gasteiger partial charge < -0.3 is 17.9 Å². The van der Waals surface area contributed by atoms with Gasteiger partial charge >= 0.3 is 27.0 Å². The topological polar surface area (TPSA) is 72.0 Å². The number of hydrogen-bond acceptors (Lipinski definition) is 2. The normalized spacial score (nSPS) is 21.4. The number of benzene rings is 3. The Hall–Kier alpha value is -0.643. The largest absolute Gasteiger partial charge is 0 e. The van der Waals surface area contributed by atoms with Crippen molar-refractivity contribution in [3.8, 4) is 0 Å². The summed E-state index contributed by atoms with van der Waals surface area (Å²) in [6.45, 7) is 13.9. The summed E-state index contributed by atoms with van der Waals surface area (Å²) in [6.07, 6.45) is 0. The van der Waals surface area contributed by atoms with Gasteiger partial charge in [-0.05, 0) is 48.6 Å². The monoisotopic (exact) mass is 827 g/mol. The van der Waals surface area contributed by atoms with Gasteiger partial charge in [0.1, 0.15) is 10.0 Å². The van der Waals surface area contributed by atoms with Crippen LogP contribution in [0.2, 0.25) is 0 Å². The molecule has 43 heavy (non-hydrogen) atoms. The molecule has 0 aliphatic heterocycles. The molecule has 0 bridgehead atoms. The molecule has 3 aromatic carbocycles. The molecular formula is C34H52Cl2N2O2RhRuS. The zero-order valence-corrected chi connectivity index (χ0v) is 30.5. The Bertz CT molecular complexity index is 1160. The van der Waals surface area contributed by atoms with E-state index in [-0.39, 0.29) is 59.1 Å². The number of aryl methyl sites for hydroxylation is 1. The Kier molecular flexibility index (Phi) is 27.1. The molecule has 0 unspecified atom stereocenters. The first kappa shape index (κ1) is 49.2. The van der Waals surface area contributed by atoms with E-state index < -0.39 is 22.1 Å². The van der Waals surface area contributed by atoms with Crippen molar-refractivity contribution in [3.63, 3.8) is 0 Å². The van der Waals surface area contributed by atoms with E-state index in [2.05, 4.69) is 49.0 Å². The van der Waals surface area contributed by atoms with Gasteiger partial charge in [0.15, 0.2) is 0 Å². The van der Waals surface area contributed by atoms with Crippen LogP contribution in [0.3, 0.4) is 0 Å². The molecule has 0 aromatic heterocycles. The van der Waals surface area contributed by atoms with Crippen LogP contribution in [-0.2, 0) is 46.8 Å². The second-order valence-electron chi connectivity index (χ2n) is 10.4. The minimum Gasteiger partial charge on any atom is 0 e. The van der Waals surface area contributed by atoms with E-state index in [9.17, 15) is 8.42 Å². The fraction of sp³-hybridized carbons (Fsp3) is 0.441. The quantitative estimate of drug-likeness (QED) is 0.183. The minimum absolute atomic E-state index is 0. The van der Waals surface area contributed by atoms with Crippen molar-refractivity contribution in [1.82, 2.24) is 0 Å². The second kappa shape index (κ2) is 23.7. The molecule has 1 saturated carbocycles. The summed E-state index contributed by atoms with van der Waals surface area (Å²) in [4.78, 5) is 0.143. The summed E-state index contributed by atoms with van der Waals surface area (Å²) in [5.74, 6) is 4.68. The third kappa shape index (κ3) is 13.7. The van der Waals surface area contributed by atoms with E-state index in [4.69, 9.17) is 5.73 Å². The van der Waals surface area contributed by atoms with Gasteiger partial charge in [-0.15, -0.1) is 24.5 Å². The van der Waals surface area contributed by atoms with Crippen LogP contribution in [0.1, 0.15) is 78.2 Å². The molecule has 1 aliphatic rings. The van der Waals surface area contributed by atoms with Gasteiger partial charge in [-0.2, -0.15) is 0 Å². The fourth-order valence-electron chi connectivity index (χ4n) is 5.12. The van der Waals surface area contributed by atoms with E-state index in [0.29, 0.717) is 5.56 Å². The van der Waals surface area contributed by atoms with E-state index in [0.717, 1.165) is 40.7 Å². The number of nitrogens with zero attached hydrogens (tertiary/aromatic N) is 1. The molecule has 4 nitrogen and oxygen atoms in total. The first-order valence-electron chi connectivity index (χ1n) is 13.0. The standard InChI is InChI=1S/C21H20N2O2S.C10H20.2CH4.CH3.2ClH.Rh.Ru/c1-16-12-14-19(15-13-16)26(24,25)23-21(18-10-6-3-7-11-18)20(22)17-8-4-2-5-9-17;1-6-7(2)9(4)10(5)8(6)3;;;;;;;/h2-15,20-22H,1H3;6-10H,1-5H3;2*1H4;1H3;2*1H;;/q-2;;;;-1;;;;+4/p-1/t20-,21-;;;;;;;;/m0......../s1. The first-order chi connectivity index (χ1) is 18.0. The Morgan fingerprint density at radius 2 is 1.02 bits per heavy atom. The van der Waals surface area contributed by atoms with Crippen molar-refractivity contribution in [2.45, 2.75) is 73.4 Å². The van der Waals surface area contributed by atoms with Crippen molar-refractivity contribution in [2.24, 2.45) is 29.6 Å². The van der Waals surface area contributed by atoms with E-state index in [1.807, 2.05) is 84.9 Å². The summed E-state index contributed by atoms with van der Waals surface area (Å²) in [7, 11) is 0.696. The number of nitrogens with one attached hydrogen (secondary N) is 1. The third-order valence-corrected chi connectivity index (χ3v) is 9.71. The Balaban J connectivity index is -0.000000385. The number of rotatable bonds is 6. The van der Waals surface area contributed by atoms with Gasteiger partial charge in [0.25, 0.3) is 0 Å². The predicted octanol–water partition coefficient (Wildman–Crippen LogP) is 11.6. The molecular weight excluding hydrogens is 775 g/mol. The van der Waals surface area contributed by atoms with Crippen LogP contribution in [0.5, 0.6) is 0 Å². The van der Waals surface area contributed by atoms with Crippen LogP contribution in [0.25, 0.3) is 10.5 Å². The summed E-state index contributed by atoms with van der Waals surface area (Å²) in [5, 5.41) is 0. The summed E-state index contributed by atoms with van der Waals surface area (Å²) < 4.78 is 29.8. The van der Waals surface area contributed by atoms with Crippen molar-refractivity contribution in [2.75, 3.05) is 0 Å². The van der Waals surface area contributed by atoms with E-state index >= 15 is 0 Å². The average Bonchev–Trinajstić information content (AvgIpc) is 3.11. The molecule has 0 spiro atoms. The summed E-state index contributed by atoms with van der Waals surface area (Å²) >= 11 is 1.82. The van der Waals surface area contributed by atoms with Crippen molar-refractivity contribution in [1.29, 1.82) is 0 Å². The van der Waals surface area contributed by atoms with Crippen LogP contribution in [0.4, 0.5) is 0 Å². The van der Waals surface area contributed by atoms with Crippen LogP contribution in [0.15, 0.2) is 89.8 Å². The molecule has 4 rings (SSSR count). The van der Waals surface area contributed by atoms with E-state index in [1.54, 1.807) is 24.3 Å². The minimum atomic E-state index is -3.87. The number of sulfonamides is 1. The van der Waals surface area contributed by atoms with Crippen molar-refractivity contribution >= 4 is 32.1 Å². The van der Waals surface area contributed by atoms with Crippen molar-refractivity contribution < 1.29 is 45.2 Å². The maximum absolute atomic E-state index is 12.8. The molecule has 0 amide bonds. The maximum atomic E-state index is 12.8. The Morgan fingerprint density at radius 1 is 0.698 bits per heavy atom. The van der Waals surface area contributed by atoms with Gasteiger partial charge in [0, 0.05) is 24.4 Å². The van der Waals surface area contributed by atoms with Gasteiger partial charge in [-0.3, -0.25) is 0 Å². The van der Waals surface area contributed by atoms with E-state index in [1.165, 1.54) is 0 Å². The van der Waals surface area contributed by atoms with Crippen LogP contribution in [0, 0.1) is 43.9 Å². The summed E-state index contributed by atoms with van der Waals surface area (Å²) in [5.41, 5.74) is 11.0. The first-order valence-corrected chi connectivity index (χ1v) is 16.7. The molecule has 3 aromatic rings. The van der Waals surface area contributed by atoms with Crippen LogP contribution < -0.4 is 0 Å². The molecule has 1 fully saturated rings. The molecule has 1 N–H and O–H groups in total. The number of halogens is 2. The zero-order valence-electron chi connectivity index (χ0n) is 24.8. The molecule has 9 heteroatoms. The summed E-state index contributed by atoms with van der Waals surface area (Å²) in [6, 6.07) is 23.3. The zero-order chi connectivity index (χ0) is 28.5. The molecule has 1 aliphatic carbocycles. The third-order valence-electron chi connectivity index (χ3n) is 8.33.